The molecule has 0 saturated carbocycles. The average Bonchev–Trinajstić information content (AvgIpc) is 3.28. The summed E-state index contributed by atoms with van der Waals surface area (Å²) >= 11 is 1.58. The van der Waals surface area contributed by atoms with Gasteiger partial charge in [-0.2, -0.15) is 0 Å². The van der Waals surface area contributed by atoms with Crippen LogP contribution in [0, 0.1) is 5.92 Å². The van der Waals surface area contributed by atoms with Gasteiger partial charge in [0.25, 0.3) is 0 Å². The van der Waals surface area contributed by atoms with Crippen LogP contribution >= 0.6 is 11.3 Å². The minimum Gasteiger partial charge on any atom is -0.350 e. The molecule has 2 heterocycles. The first-order valence-corrected chi connectivity index (χ1v) is 11.0. The number of likely N-dealkylation sites (tertiary alicyclic amines) is 1. The third-order valence-electron chi connectivity index (χ3n) is 5.19. The molecule has 3 amide bonds. The summed E-state index contributed by atoms with van der Waals surface area (Å²) in [5, 5.41) is 8.84. The lowest BCUT2D eigenvalue weighted by molar-refractivity contribution is -0.126. The Kier molecular flexibility index (Phi) is 6.39. The van der Waals surface area contributed by atoms with Gasteiger partial charge in [-0.05, 0) is 25.0 Å². The number of nitrogens with one attached hydrogen (secondary N) is 2. The van der Waals surface area contributed by atoms with Crippen LogP contribution < -0.4 is 10.6 Å². The molecule has 6 nitrogen and oxygen atoms in total. The van der Waals surface area contributed by atoms with Crippen LogP contribution in [-0.2, 0) is 11.3 Å². The molecule has 0 bridgehead atoms. The van der Waals surface area contributed by atoms with E-state index >= 15 is 0 Å². The van der Waals surface area contributed by atoms with Gasteiger partial charge in [-0.15, -0.1) is 11.3 Å². The molecule has 0 spiro atoms. The molecule has 1 fully saturated rings. The summed E-state index contributed by atoms with van der Waals surface area (Å²) in [4.78, 5) is 31.3. The molecule has 1 aliphatic heterocycles. The fourth-order valence-electron chi connectivity index (χ4n) is 3.49. The van der Waals surface area contributed by atoms with Crippen LogP contribution in [0.3, 0.4) is 0 Å². The number of rotatable bonds is 5. The highest BCUT2D eigenvalue weighted by Crippen LogP contribution is 2.23. The van der Waals surface area contributed by atoms with E-state index in [1.165, 1.54) is 0 Å². The number of piperidine rings is 1. The van der Waals surface area contributed by atoms with E-state index in [-0.39, 0.29) is 17.9 Å². The monoisotopic (exact) mass is 420 g/mol. The summed E-state index contributed by atoms with van der Waals surface area (Å²) in [6.45, 7) is 1.58. The van der Waals surface area contributed by atoms with Gasteiger partial charge < -0.3 is 15.5 Å². The van der Waals surface area contributed by atoms with Crippen LogP contribution in [0.15, 0.2) is 66.0 Å². The van der Waals surface area contributed by atoms with Crippen molar-refractivity contribution in [3.05, 3.63) is 71.7 Å². The highest BCUT2D eigenvalue weighted by molar-refractivity contribution is 7.13. The number of amides is 3. The smallest absolute Gasteiger partial charge is 0.321 e. The maximum absolute atomic E-state index is 12.6. The number of nitrogens with zero attached hydrogens (tertiary/aromatic N) is 2. The Balaban J connectivity index is 1.23. The van der Waals surface area contributed by atoms with Crippen LogP contribution in [-0.4, -0.2) is 34.9 Å². The number of carbonyl (C=O) groups excluding carboxylic acids is 2. The average molecular weight is 421 g/mol. The van der Waals surface area contributed by atoms with Crippen molar-refractivity contribution in [2.24, 2.45) is 5.92 Å². The van der Waals surface area contributed by atoms with Crippen molar-refractivity contribution in [1.82, 2.24) is 15.2 Å². The van der Waals surface area contributed by atoms with Gasteiger partial charge in [-0.3, -0.25) is 4.79 Å². The first-order chi connectivity index (χ1) is 14.7. The number of hydrogen-bond acceptors (Lipinski definition) is 4. The molecule has 7 heteroatoms. The Labute approximate surface area is 180 Å². The molecule has 4 rings (SSSR count). The summed E-state index contributed by atoms with van der Waals surface area (Å²) in [6.07, 6.45) is 1.33. The summed E-state index contributed by atoms with van der Waals surface area (Å²) in [7, 11) is 0. The number of hydrogen-bond donors (Lipinski definition) is 2. The number of aromatic nitrogens is 1. The van der Waals surface area contributed by atoms with E-state index in [1.807, 2.05) is 66.0 Å². The largest absolute Gasteiger partial charge is 0.350 e. The lowest BCUT2D eigenvalue weighted by Gasteiger charge is -2.31. The third-order valence-corrected chi connectivity index (χ3v) is 6.13. The van der Waals surface area contributed by atoms with Gasteiger partial charge in [-0.25, -0.2) is 9.78 Å². The Bertz CT molecular complexity index is 983. The van der Waals surface area contributed by atoms with Crippen molar-refractivity contribution in [2.45, 2.75) is 19.4 Å². The van der Waals surface area contributed by atoms with Crippen molar-refractivity contribution in [2.75, 3.05) is 18.4 Å². The fraction of sp³-hybridized carbons (Fsp3) is 0.261. The van der Waals surface area contributed by atoms with Crippen molar-refractivity contribution < 1.29 is 9.59 Å². The minimum absolute atomic E-state index is 0.0346. The first kappa shape index (κ1) is 20.1. The highest BCUT2D eigenvalue weighted by Gasteiger charge is 2.27. The van der Waals surface area contributed by atoms with Crippen LogP contribution in [0.4, 0.5) is 10.5 Å². The third kappa shape index (κ3) is 5.04. The number of thiazole rings is 1. The predicted molar refractivity (Wildman–Crippen MR) is 119 cm³/mol. The Morgan fingerprint density at radius 1 is 1.00 bits per heavy atom. The lowest BCUT2D eigenvalue weighted by Crippen LogP contribution is -2.44. The van der Waals surface area contributed by atoms with E-state index in [0.717, 1.165) is 22.0 Å². The molecule has 3 aromatic rings. The predicted octanol–water partition coefficient (Wildman–Crippen LogP) is 4.37. The zero-order chi connectivity index (χ0) is 20.8. The van der Waals surface area contributed by atoms with E-state index in [2.05, 4.69) is 15.6 Å². The molecule has 0 radical (unpaired) electrons. The Morgan fingerprint density at radius 2 is 1.67 bits per heavy atom. The molecular formula is C23H24N4O2S. The van der Waals surface area contributed by atoms with Crippen molar-refractivity contribution in [3.63, 3.8) is 0 Å². The van der Waals surface area contributed by atoms with E-state index in [1.54, 1.807) is 16.2 Å². The standard InChI is InChI=1S/C23H24N4O2S/c28-21(24-15-20-16-30-22(25-20)18-7-3-1-4-8-18)17-11-13-27(14-12-17)23(29)26-19-9-5-2-6-10-19/h1-10,16-17H,11-15H2,(H,24,28)(H,26,29). The zero-order valence-corrected chi connectivity index (χ0v) is 17.4. The summed E-state index contributed by atoms with van der Waals surface area (Å²) < 4.78 is 0. The molecular weight excluding hydrogens is 396 g/mol. The van der Waals surface area contributed by atoms with Crippen molar-refractivity contribution in [1.29, 1.82) is 0 Å². The molecule has 0 aliphatic carbocycles. The second kappa shape index (κ2) is 9.54. The van der Waals surface area contributed by atoms with E-state index in [0.29, 0.717) is 32.5 Å². The number of para-hydroxylation sites is 1. The van der Waals surface area contributed by atoms with E-state index < -0.39 is 0 Å². The van der Waals surface area contributed by atoms with Gasteiger partial charge in [0.1, 0.15) is 5.01 Å². The lowest BCUT2D eigenvalue weighted by atomic mass is 9.96. The van der Waals surface area contributed by atoms with Crippen molar-refractivity contribution >= 4 is 29.0 Å². The van der Waals surface area contributed by atoms with Crippen LogP contribution in [0.1, 0.15) is 18.5 Å². The molecule has 154 valence electrons. The van der Waals surface area contributed by atoms with Gasteiger partial charge in [-0.1, -0.05) is 48.5 Å². The van der Waals surface area contributed by atoms with E-state index in [4.69, 9.17) is 0 Å². The summed E-state index contributed by atoms with van der Waals surface area (Å²) in [6, 6.07) is 19.3. The number of carbonyl (C=O) groups is 2. The summed E-state index contributed by atoms with van der Waals surface area (Å²) in [5.41, 5.74) is 2.73. The molecule has 0 atom stereocenters. The first-order valence-electron chi connectivity index (χ1n) is 10.1. The second-order valence-electron chi connectivity index (χ2n) is 7.29. The highest BCUT2D eigenvalue weighted by atomic mass is 32.1. The SMILES string of the molecule is O=C(NCc1csc(-c2ccccc2)n1)C1CCN(C(=O)Nc2ccccc2)CC1. The van der Waals surface area contributed by atoms with Gasteiger partial charge in [0, 0.05) is 35.6 Å². The topological polar surface area (TPSA) is 74.3 Å². The normalized spacial score (nSPS) is 14.3. The van der Waals surface area contributed by atoms with Crippen LogP contribution in [0.25, 0.3) is 10.6 Å². The number of urea groups is 1. The van der Waals surface area contributed by atoms with Gasteiger partial charge >= 0.3 is 6.03 Å². The summed E-state index contributed by atoms with van der Waals surface area (Å²) in [5.74, 6) is -0.0367. The van der Waals surface area contributed by atoms with Gasteiger partial charge in [0.2, 0.25) is 5.91 Å². The maximum atomic E-state index is 12.6. The second-order valence-corrected chi connectivity index (χ2v) is 8.14. The molecule has 0 unspecified atom stereocenters. The maximum Gasteiger partial charge on any atom is 0.321 e. The van der Waals surface area contributed by atoms with Crippen molar-refractivity contribution in [3.8, 4) is 10.6 Å². The number of benzene rings is 2. The fourth-order valence-corrected chi connectivity index (χ4v) is 4.32. The molecule has 30 heavy (non-hydrogen) atoms. The van der Waals surface area contributed by atoms with E-state index in [9.17, 15) is 9.59 Å². The van der Waals surface area contributed by atoms with Gasteiger partial charge in [0.15, 0.2) is 0 Å². The minimum atomic E-state index is -0.115. The molecule has 1 aromatic heterocycles. The van der Waals surface area contributed by atoms with Crippen LogP contribution in [0.5, 0.6) is 0 Å². The Morgan fingerprint density at radius 3 is 2.37 bits per heavy atom. The molecule has 1 saturated heterocycles. The quantitative estimate of drug-likeness (QED) is 0.644. The number of anilines is 1. The molecule has 2 aromatic carbocycles. The molecule has 2 N–H and O–H groups in total. The van der Waals surface area contributed by atoms with Crippen LogP contribution in [0.2, 0.25) is 0 Å². The zero-order valence-electron chi connectivity index (χ0n) is 16.6. The Hall–Kier alpha value is -3.19. The molecule has 1 aliphatic rings. The van der Waals surface area contributed by atoms with Gasteiger partial charge in [0.05, 0.1) is 12.2 Å².